The molecule has 1 N–H and O–H groups in total. The maximum atomic E-state index is 5.83. The molecule has 0 aliphatic carbocycles. The van der Waals surface area contributed by atoms with Crippen molar-refractivity contribution < 1.29 is 4.74 Å². The van der Waals surface area contributed by atoms with Crippen LogP contribution in [0.2, 0.25) is 0 Å². The summed E-state index contributed by atoms with van der Waals surface area (Å²) < 4.78 is 5.83. The largest absolute Gasteiger partial charge is 0.457 e. The van der Waals surface area contributed by atoms with Crippen molar-refractivity contribution in [2.24, 2.45) is 0 Å². The van der Waals surface area contributed by atoms with Crippen molar-refractivity contribution in [2.45, 2.75) is 26.7 Å². The summed E-state index contributed by atoms with van der Waals surface area (Å²) in [5, 5.41) is 3.34. The zero-order chi connectivity index (χ0) is 18.9. The lowest BCUT2D eigenvalue weighted by Gasteiger charge is -2.21. The van der Waals surface area contributed by atoms with E-state index < -0.39 is 0 Å². The van der Waals surface area contributed by atoms with Gasteiger partial charge in [-0.2, -0.15) is 4.98 Å². The van der Waals surface area contributed by atoms with Gasteiger partial charge in [0.2, 0.25) is 5.95 Å². The standard InChI is InChI=1S/C22H26N4O/c1-3-16-26(17-4-2)22-23-15-14-21(25-22)24-18-10-12-20(13-11-18)27-19-8-6-5-7-9-19/h5-15H,3-4,16-17H2,1-2H3,(H,23,24,25). The molecular formula is C22H26N4O. The molecule has 0 spiro atoms. The average Bonchev–Trinajstić information content (AvgIpc) is 2.70. The van der Waals surface area contributed by atoms with E-state index in [1.54, 1.807) is 6.20 Å². The summed E-state index contributed by atoms with van der Waals surface area (Å²) in [4.78, 5) is 11.3. The Morgan fingerprint density at radius 2 is 1.52 bits per heavy atom. The number of nitrogens with zero attached hydrogens (tertiary/aromatic N) is 3. The van der Waals surface area contributed by atoms with Crippen LogP contribution in [0.5, 0.6) is 11.5 Å². The number of anilines is 3. The van der Waals surface area contributed by atoms with Crippen LogP contribution in [0.4, 0.5) is 17.5 Å². The van der Waals surface area contributed by atoms with Crippen LogP contribution in [-0.2, 0) is 0 Å². The first kappa shape index (κ1) is 18.7. The number of ether oxygens (including phenoxy) is 1. The van der Waals surface area contributed by atoms with Crippen LogP contribution in [0.3, 0.4) is 0 Å². The topological polar surface area (TPSA) is 50.3 Å². The van der Waals surface area contributed by atoms with Gasteiger partial charge in [-0.25, -0.2) is 4.98 Å². The molecule has 0 fully saturated rings. The molecule has 0 aliphatic rings. The van der Waals surface area contributed by atoms with Crippen molar-refractivity contribution in [1.29, 1.82) is 0 Å². The molecule has 1 aromatic heterocycles. The van der Waals surface area contributed by atoms with Crippen molar-refractivity contribution in [3.05, 3.63) is 66.9 Å². The Balaban J connectivity index is 1.67. The molecule has 0 unspecified atom stereocenters. The van der Waals surface area contributed by atoms with Crippen LogP contribution in [0.1, 0.15) is 26.7 Å². The second kappa shape index (κ2) is 9.57. The lowest BCUT2D eigenvalue weighted by molar-refractivity contribution is 0.483. The third-order valence-electron chi connectivity index (χ3n) is 4.02. The Kier molecular flexibility index (Phi) is 6.63. The number of nitrogens with one attached hydrogen (secondary N) is 1. The SMILES string of the molecule is CCCN(CCC)c1nccc(Nc2ccc(Oc3ccccc3)cc2)n1. The quantitative estimate of drug-likeness (QED) is 0.534. The van der Waals surface area contributed by atoms with E-state index in [-0.39, 0.29) is 0 Å². The minimum Gasteiger partial charge on any atom is -0.457 e. The molecule has 0 saturated carbocycles. The summed E-state index contributed by atoms with van der Waals surface area (Å²) in [5.74, 6) is 3.18. The molecule has 0 atom stereocenters. The molecular weight excluding hydrogens is 336 g/mol. The van der Waals surface area contributed by atoms with Crippen LogP contribution >= 0.6 is 0 Å². The molecule has 0 amide bonds. The van der Waals surface area contributed by atoms with Crippen LogP contribution in [0.25, 0.3) is 0 Å². The van der Waals surface area contributed by atoms with Gasteiger partial charge < -0.3 is 15.0 Å². The van der Waals surface area contributed by atoms with E-state index in [0.29, 0.717) is 0 Å². The Morgan fingerprint density at radius 3 is 2.19 bits per heavy atom. The fourth-order valence-electron chi connectivity index (χ4n) is 2.80. The smallest absolute Gasteiger partial charge is 0.227 e. The summed E-state index contributed by atoms with van der Waals surface area (Å²) >= 11 is 0. The molecule has 2 aromatic carbocycles. The second-order valence-corrected chi connectivity index (χ2v) is 6.29. The normalized spacial score (nSPS) is 10.4. The van der Waals surface area contributed by atoms with Crippen molar-refractivity contribution in [1.82, 2.24) is 9.97 Å². The molecule has 27 heavy (non-hydrogen) atoms. The maximum absolute atomic E-state index is 5.83. The monoisotopic (exact) mass is 362 g/mol. The van der Waals surface area contributed by atoms with Gasteiger partial charge >= 0.3 is 0 Å². The van der Waals surface area contributed by atoms with Crippen LogP contribution in [0, 0.1) is 0 Å². The third kappa shape index (κ3) is 5.45. The van der Waals surface area contributed by atoms with Gasteiger partial charge in [0.05, 0.1) is 0 Å². The van der Waals surface area contributed by atoms with Gasteiger partial charge in [-0.1, -0.05) is 32.0 Å². The van der Waals surface area contributed by atoms with E-state index in [1.807, 2.05) is 60.7 Å². The molecule has 5 heteroatoms. The van der Waals surface area contributed by atoms with Crippen molar-refractivity contribution in [3.63, 3.8) is 0 Å². The molecule has 3 rings (SSSR count). The molecule has 0 radical (unpaired) electrons. The highest BCUT2D eigenvalue weighted by molar-refractivity contribution is 5.58. The van der Waals surface area contributed by atoms with Crippen LogP contribution in [0.15, 0.2) is 66.9 Å². The highest BCUT2D eigenvalue weighted by Crippen LogP contribution is 2.24. The number of para-hydroxylation sites is 1. The molecule has 0 saturated heterocycles. The van der Waals surface area contributed by atoms with Gasteiger partial charge in [-0.05, 0) is 55.3 Å². The van der Waals surface area contributed by atoms with E-state index in [4.69, 9.17) is 4.74 Å². The van der Waals surface area contributed by atoms with Gasteiger partial charge in [0, 0.05) is 25.0 Å². The molecule has 0 aliphatic heterocycles. The lowest BCUT2D eigenvalue weighted by atomic mass is 10.3. The highest BCUT2D eigenvalue weighted by atomic mass is 16.5. The average molecular weight is 362 g/mol. The summed E-state index contributed by atoms with van der Waals surface area (Å²) in [7, 11) is 0. The van der Waals surface area contributed by atoms with E-state index >= 15 is 0 Å². The molecule has 5 nitrogen and oxygen atoms in total. The fraction of sp³-hybridized carbons (Fsp3) is 0.273. The number of hydrogen-bond acceptors (Lipinski definition) is 5. The van der Waals surface area contributed by atoms with Crippen molar-refractivity contribution >= 4 is 17.5 Å². The Morgan fingerprint density at radius 1 is 0.852 bits per heavy atom. The minimum atomic E-state index is 0.771. The third-order valence-corrected chi connectivity index (χ3v) is 4.02. The van der Waals surface area contributed by atoms with Gasteiger partial charge in [0.1, 0.15) is 17.3 Å². The predicted octanol–water partition coefficient (Wildman–Crippen LogP) is 5.64. The first-order valence-corrected chi connectivity index (χ1v) is 9.46. The van der Waals surface area contributed by atoms with E-state index in [2.05, 4.69) is 34.0 Å². The number of aromatic nitrogens is 2. The van der Waals surface area contributed by atoms with Crippen molar-refractivity contribution in [2.75, 3.05) is 23.3 Å². The zero-order valence-electron chi connectivity index (χ0n) is 15.9. The molecule has 0 bridgehead atoms. The van der Waals surface area contributed by atoms with Crippen LogP contribution in [-0.4, -0.2) is 23.1 Å². The number of benzene rings is 2. The molecule has 140 valence electrons. The van der Waals surface area contributed by atoms with E-state index in [1.165, 1.54) is 0 Å². The van der Waals surface area contributed by atoms with Crippen LogP contribution < -0.4 is 15.0 Å². The highest BCUT2D eigenvalue weighted by Gasteiger charge is 2.08. The second-order valence-electron chi connectivity index (χ2n) is 6.29. The Labute approximate surface area is 161 Å². The Hall–Kier alpha value is -3.08. The van der Waals surface area contributed by atoms with Gasteiger partial charge in [-0.15, -0.1) is 0 Å². The molecule has 1 heterocycles. The van der Waals surface area contributed by atoms with Crippen molar-refractivity contribution in [3.8, 4) is 11.5 Å². The van der Waals surface area contributed by atoms with E-state index in [9.17, 15) is 0 Å². The Bertz CT molecular complexity index is 815. The van der Waals surface area contributed by atoms with E-state index in [0.717, 1.165) is 54.9 Å². The molecule has 3 aromatic rings. The zero-order valence-corrected chi connectivity index (χ0v) is 15.9. The first-order chi connectivity index (χ1) is 13.3. The predicted molar refractivity (Wildman–Crippen MR) is 111 cm³/mol. The first-order valence-electron chi connectivity index (χ1n) is 9.46. The summed E-state index contributed by atoms with van der Waals surface area (Å²) in [5.41, 5.74) is 0.956. The summed E-state index contributed by atoms with van der Waals surface area (Å²) in [6.45, 7) is 6.26. The summed E-state index contributed by atoms with van der Waals surface area (Å²) in [6, 6.07) is 19.5. The lowest BCUT2D eigenvalue weighted by Crippen LogP contribution is -2.26. The number of hydrogen-bond donors (Lipinski definition) is 1. The fourth-order valence-corrected chi connectivity index (χ4v) is 2.80. The minimum absolute atomic E-state index is 0.771. The van der Waals surface area contributed by atoms with Gasteiger partial charge in [0.15, 0.2) is 0 Å². The number of rotatable bonds is 9. The van der Waals surface area contributed by atoms with Gasteiger partial charge in [-0.3, -0.25) is 0 Å². The van der Waals surface area contributed by atoms with Gasteiger partial charge in [0.25, 0.3) is 0 Å². The summed E-state index contributed by atoms with van der Waals surface area (Å²) in [6.07, 6.45) is 3.95. The maximum Gasteiger partial charge on any atom is 0.227 e.